The second-order valence-electron chi connectivity index (χ2n) is 4.07. The molecule has 2 heterocycles. The molecule has 0 aliphatic carbocycles. The summed E-state index contributed by atoms with van der Waals surface area (Å²) >= 11 is 7.71. The Hall–Kier alpha value is -0.730. The highest BCUT2D eigenvalue weighted by Crippen LogP contribution is 2.32. The van der Waals surface area contributed by atoms with Crippen LogP contribution in [-0.2, 0) is 9.84 Å². The Morgan fingerprint density at radius 2 is 2.32 bits per heavy atom. The summed E-state index contributed by atoms with van der Waals surface area (Å²) in [5.74, 6) is 1.99. The minimum absolute atomic E-state index is 0.0902. The van der Waals surface area contributed by atoms with Gasteiger partial charge in [0.05, 0.1) is 0 Å². The Kier molecular flexibility index (Phi) is 4.42. The van der Waals surface area contributed by atoms with Gasteiger partial charge in [0.2, 0.25) is 0 Å². The molecule has 1 aliphatic heterocycles. The van der Waals surface area contributed by atoms with E-state index >= 15 is 0 Å². The van der Waals surface area contributed by atoms with Crippen molar-refractivity contribution in [3.63, 3.8) is 0 Å². The van der Waals surface area contributed by atoms with Crippen molar-refractivity contribution in [2.24, 2.45) is 0 Å². The molecule has 0 aromatic carbocycles. The highest BCUT2D eigenvalue weighted by atomic mass is 35.5. The summed E-state index contributed by atoms with van der Waals surface area (Å²) in [4.78, 5) is 9.60. The molecule has 1 atom stereocenters. The lowest BCUT2D eigenvalue weighted by Gasteiger charge is -2.35. The molecule has 19 heavy (non-hydrogen) atoms. The Morgan fingerprint density at radius 1 is 1.58 bits per heavy atom. The first-order valence-corrected chi connectivity index (χ1v) is 9.04. The number of nitrogens with two attached hydrogens (primary N) is 1. The van der Waals surface area contributed by atoms with Crippen molar-refractivity contribution in [2.75, 3.05) is 34.4 Å². The Labute approximate surface area is 121 Å². The fourth-order valence-electron chi connectivity index (χ4n) is 1.89. The van der Waals surface area contributed by atoms with Crippen molar-refractivity contribution in [1.29, 1.82) is 0 Å². The van der Waals surface area contributed by atoms with Gasteiger partial charge in [-0.05, 0) is 0 Å². The smallest absolute Gasteiger partial charge is 0.171 e. The zero-order valence-electron chi connectivity index (χ0n) is 10.4. The van der Waals surface area contributed by atoms with E-state index in [0.29, 0.717) is 18.1 Å². The lowest BCUT2D eigenvalue weighted by molar-refractivity contribution is 0.579. The van der Waals surface area contributed by atoms with Gasteiger partial charge < -0.3 is 10.6 Å². The van der Waals surface area contributed by atoms with Crippen LogP contribution >= 0.6 is 23.4 Å². The maximum absolute atomic E-state index is 12.2. The number of nitrogens with zero attached hydrogens (tertiary/aromatic N) is 3. The van der Waals surface area contributed by atoms with Crippen molar-refractivity contribution in [3.8, 4) is 0 Å². The van der Waals surface area contributed by atoms with Crippen molar-refractivity contribution in [2.45, 2.75) is 12.3 Å². The van der Waals surface area contributed by atoms with E-state index < -0.39 is 15.2 Å². The van der Waals surface area contributed by atoms with E-state index in [4.69, 9.17) is 17.3 Å². The predicted molar refractivity (Wildman–Crippen MR) is 79.4 cm³/mol. The number of aromatic nitrogens is 2. The van der Waals surface area contributed by atoms with Gasteiger partial charge in [-0.1, -0.05) is 18.5 Å². The first-order valence-electron chi connectivity index (χ1n) is 5.79. The molecule has 0 spiro atoms. The van der Waals surface area contributed by atoms with Crippen LogP contribution in [0.15, 0.2) is 6.33 Å². The standard InChI is InChI=1S/C10H15ClN4O2S2/c1-2-19(16,17)7-5-18-4-3-15(7)10-8(11)9(12)13-6-14-10/h6-7H,2-5H2,1H3,(H2,12,13,14). The number of rotatable bonds is 3. The fourth-order valence-corrected chi connectivity index (χ4v) is 5.06. The van der Waals surface area contributed by atoms with Crippen LogP contribution < -0.4 is 10.6 Å². The number of hydrogen-bond acceptors (Lipinski definition) is 7. The first-order chi connectivity index (χ1) is 8.97. The van der Waals surface area contributed by atoms with Gasteiger partial charge in [-0.3, -0.25) is 0 Å². The molecular weight excluding hydrogens is 308 g/mol. The van der Waals surface area contributed by atoms with Crippen molar-refractivity contribution >= 4 is 44.8 Å². The third-order valence-corrected chi connectivity index (χ3v) is 6.62. The minimum Gasteiger partial charge on any atom is -0.382 e. The number of anilines is 2. The van der Waals surface area contributed by atoms with E-state index in [1.54, 1.807) is 23.6 Å². The second-order valence-corrected chi connectivity index (χ2v) is 8.05. The van der Waals surface area contributed by atoms with Gasteiger partial charge in [0.1, 0.15) is 22.5 Å². The van der Waals surface area contributed by atoms with E-state index in [0.717, 1.165) is 5.75 Å². The Morgan fingerprint density at radius 3 is 3.00 bits per heavy atom. The van der Waals surface area contributed by atoms with Gasteiger partial charge in [0.25, 0.3) is 0 Å². The van der Waals surface area contributed by atoms with E-state index in [1.807, 2.05) is 0 Å². The van der Waals surface area contributed by atoms with Crippen LogP contribution in [0.1, 0.15) is 6.92 Å². The molecule has 1 saturated heterocycles. The number of halogens is 1. The molecule has 1 aromatic rings. The van der Waals surface area contributed by atoms with Crippen LogP contribution in [0.3, 0.4) is 0 Å². The zero-order valence-corrected chi connectivity index (χ0v) is 12.8. The number of sulfone groups is 1. The molecule has 2 N–H and O–H groups in total. The summed E-state index contributed by atoms with van der Waals surface area (Å²) < 4.78 is 24.3. The van der Waals surface area contributed by atoms with Gasteiger partial charge in [-0.2, -0.15) is 11.8 Å². The molecule has 0 amide bonds. The molecule has 6 nitrogen and oxygen atoms in total. The van der Waals surface area contributed by atoms with E-state index in [2.05, 4.69) is 9.97 Å². The van der Waals surface area contributed by atoms with Crippen LogP contribution in [0.25, 0.3) is 0 Å². The number of nitrogen functional groups attached to an aromatic ring is 1. The summed E-state index contributed by atoms with van der Waals surface area (Å²) in [7, 11) is -3.20. The highest BCUT2D eigenvalue weighted by molar-refractivity contribution is 8.01. The molecular formula is C10H15ClN4O2S2. The third-order valence-electron chi connectivity index (χ3n) is 2.97. The average Bonchev–Trinajstić information content (AvgIpc) is 2.42. The average molecular weight is 323 g/mol. The van der Waals surface area contributed by atoms with Gasteiger partial charge in [0.15, 0.2) is 15.7 Å². The molecule has 2 rings (SSSR count). The van der Waals surface area contributed by atoms with Crippen LogP contribution in [0, 0.1) is 0 Å². The lowest BCUT2D eigenvalue weighted by atomic mass is 10.4. The molecule has 0 radical (unpaired) electrons. The van der Waals surface area contributed by atoms with Crippen molar-refractivity contribution in [3.05, 3.63) is 11.3 Å². The Bertz CT molecular complexity index is 567. The highest BCUT2D eigenvalue weighted by Gasteiger charge is 2.34. The first kappa shape index (κ1) is 14.7. The zero-order chi connectivity index (χ0) is 14.0. The van der Waals surface area contributed by atoms with Gasteiger partial charge in [-0.25, -0.2) is 18.4 Å². The number of thioether (sulfide) groups is 1. The van der Waals surface area contributed by atoms with Gasteiger partial charge >= 0.3 is 0 Å². The Balaban J connectivity index is 2.43. The summed E-state index contributed by atoms with van der Waals surface area (Å²) in [5.41, 5.74) is 5.65. The van der Waals surface area contributed by atoms with Crippen molar-refractivity contribution < 1.29 is 8.42 Å². The number of hydrogen-bond donors (Lipinski definition) is 1. The van der Waals surface area contributed by atoms with Crippen LogP contribution in [0.2, 0.25) is 5.02 Å². The molecule has 1 aliphatic rings. The van der Waals surface area contributed by atoms with Gasteiger partial charge in [0, 0.05) is 23.8 Å². The molecule has 1 fully saturated rings. The monoisotopic (exact) mass is 322 g/mol. The molecule has 0 saturated carbocycles. The fraction of sp³-hybridized carbons (Fsp3) is 0.600. The molecule has 1 aromatic heterocycles. The minimum atomic E-state index is -3.20. The SMILES string of the molecule is CCS(=O)(=O)C1CSCCN1c1ncnc(N)c1Cl. The summed E-state index contributed by atoms with van der Waals surface area (Å²) in [6, 6.07) is 0. The summed E-state index contributed by atoms with van der Waals surface area (Å²) in [6.45, 7) is 2.22. The second kappa shape index (κ2) is 5.72. The van der Waals surface area contributed by atoms with E-state index in [1.165, 1.54) is 6.33 Å². The van der Waals surface area contributed by atoms with E-state index in [-0.39, 0.29) is 16.6 Å². The predicted octanol–water partition coefficient (Wildman–Crippen LogP) is 1.03. The van der Waals surface area contributed by atoms with Gasteiger partial charge in [-0.15, -0.1) is 0 Å². The largest absolute Gasteiger partial charge is 0.382 e. The maximum Gasteiger partial charge on any atom is 0.171 e. The summed E-state index contributed by atoms with van der Waals surface area (Å²) in [5, 5.41) is -0.395. The molecule has 1 unspecified atom stereocenters. The topological polar surface area (TPSA) is 89.2 Å². The lowest BCUT2D eigenvalue weighted by Crippen LogP contribution is -2.48. The molecule has 9 heteroatoms. The van der Waals surface area contributed by atoms with Crippen LogP contribution in [0.4, 0.5) is 11.6 Å². The normalized spacial score (nSPS) is 20.5. The molecule has 0 bridgehead atoms. The van der Waals surface area contributed by atoms with E-state index in [9.17, 15) is 8.42 Å². The maximum atomic E-state index is 12.2. The van der Waals surface area contributed by atoms with Crippen LogP contribution in [-0.4, -0.2) is 47.6 Å². The summed E-state index contributed by atoms with van der Waals surface area (Å²) in [6.07, 6.45) is 1.30. The molecule has 106 valence electrons. The quantitative estimate of drug-likeness (QED) is 0.888. The van der Waals surface area contributed by atoms with Crippen molar-refractivity contribution in [1.82, 2.24) is 9.97 Å². The van der Waals surface area contributed by atoms with Crippen LogP contribution in [0.5, 0.6) is 0 Å². The third kappa shape index (κ3) is 2.90.